The summed E-state index contributed by atoms with van der Waals surface area (Å²) in [6.07, 6.45) is 0. The highest BCUT2D eigenvalue weighted by Gasteiger charge is 2.14. The summed E-state index contributed by atoms with van der Waals surface area (Å²) in [7, 11) is 1.75. The van der Waals surface area contributed by atoms with Gasteiger partial charge in [-0.2, -0.15) is 0 Å². The van der Waals surface area contributed by atoms with Gasteiger partial charge < -0.3 is 4.42 Å². The van der Waals surface area contributed by atoms with Crippen LogP contribution in [0.3, 0.4) is 0 Å². The fraction of sp³-hybridized carbons (Fsp3) is 0.150. The third-order valence-corrected chi connectivity index (χ3v) is 5.23. The Labute approximate surface area is 154 Å². The molecule has 6 heteroatoms. The molecule has 26 heavy (non-hydrogen) atoms. The average Bonchev–Trinajstić information content (AvgIpc) is 3.05. The Kier molecular flexibility index (Phi) is 4.34. The van der Waals surface area contributed by atoms with Crippen LogP contribution < -0.4 is 5.56 Å². The molecule has 5 nitrogen and oxygen atoms in total. The van der Waals surface area contributed by atoms with Gasteiger partial charge in [-0.25, -0.2) is 9.97 Å². The van der Waals surface area contributed by atoms with Crippen LogP contribution >= 0.6 is 11.8 Å². The van der Waals surface area contributed by atoms with Crippen LogP contribution in [-0.4, -0.2) is 14.5 Å². The lowest BCUT2D eigenvalue weighted by molar-refractivity contribution is 0.540. The number of aryl methyl sites for hydroxylation is 1. The normalized spacial score (nSPS) is 11.2. The van der Waals surface area contributed by atoms with Gasteiger partial charge in [0.1, 0.15) is 5.76 Å². The lowest BCUT2D eigenvalue weighted by Crippen LogP contribution is -2.19. The first-order valence-corrected chi connectivity index (χ1v) is 9.22. The quantitative estimate of drug-likeness (QED) is 0.402. The van der Waals surface area contributed by atoms with Crippen molar-refractivity contribution in [1.29, 1.82) is 0 Å². The van der Waals surface area contributed by atoms with E-state index < -0.39 is 0 Å². The predicted octanol–water partition coefficient (Wildman–Crippen LogP) is 4.19. The second-order valence-corrected chi connectivity index (χ2v) is 6.89. The molecule has 0 spiro atoms. The Morgan fingerprint density at radius 1 is 1.04 bits per heavy atom. The molecule has 4 aromatic rings. The first-order chi connectivity index (χ1) is 12.6. The first-order valence-electron chi connectivity index (χ1n) is 8.24. The van der Waals surface area contributed by atoms with Crippen molar-refractivity contribution in [2.45, 2.75) is 17.8 Å². The highest BCUT2D eigenvalue weighted by Crippen LogP contribution is 2.26. The van der Waals surface area contributed by atoms with Crippen LogP contribution in [-0.2, 0) is 12.8 Å². The number of aromatic nitrogens is 3. The van der Waals surface area contributed by atoms with Crippen molar-refractivity contribution >= 4 is 22.7 Å². The zero-order chi connectivity index (χ0) is 18.1. The topological polar surface area (TPSA) is 60.9 Å². The van der Waals surface area contributed by atoms with E-state index in [4.69, 9.17) is 4.42 Å². The smallest absolute Gasteiger partial charge is 0.261 e. The number of nitrogens with zero attached hydrogens (tertiary/aromatic N) is 3. The van der Waals surface area contributed by atoms with Crippen LogP contribution in [0.2, 0.25) is 0 Å². The van der Waals surface area contributed by atoms with Gasteiger partial charge in [-0.05, 0) is 31.2 Å². The maximum absolute atomic E-state index is 12.5. The van der Waals surface area contributed by atoms with E-state index >= 15 is 0 Å². The van der Waals surface area contributed by atoms with Gasteiger partial charge in [0.05, 0.1) is 16.6 Å². The van der Waals surface area contributed by atoms with Crippen LogP contribution in [0.15, 0.2) is 69.0 Å². The van der Waals surface area contributed by atoms with E-state index in [2.05, 4.69) is 9.97 Å². The van der Waals surface area contributed by atoms with Gasteiger partial charge in [0, 0.05) is 18.4 Å². The van der Waals surface area contributed by atoms with Gasteiger partial charge in [-0.15, -0.1) is 0 Å². The third-order valence-electron chi connectivity index (χ3n) is 4.19. The second kappa shape index (κ2) is 6.80. The molecule has 130 valence electrons. The molecule has 0 unspecified atom stereocenters. The van der Waals surface area contributed by atoms with Crippen LogP contribution in [0.25, 0.3) is 22.4 Å². The summed E-state index contributed by atoms with van der Waals surface area (Å²) in [5.74, 6) is 1.97. The number of para-hydroxylation sites is 1. The Morgan fingerprint density at radius 3 is 2.58 bits per heavy atom. The maximum Gasteiger partial charge on any atom is 0.261 e. The highest BCUT2D eigenvalue weighted by atomic mass is 32.2. The number of benzene rings is 2. The lowest BCUT2D eigenvalue weighted by Gasteiger charge is -2.07. The van der Waals surface area contributed by atoms with Crippen LogP contribution in [0.1, 0.15) is 11.5 Å². The van der Waals surface area contributed by atoms with Gasteiger partial charge in [0.2, 0.25) is 5.89 Å². The molecule has 0 amide bonds. The number of oxazole rings is 1. The molecule has 0 N–H and O–H groups in total. The van der Waals surface area contributed by atoms with E-state index in [-0.39, 0.29) is 5.56 Å². The minimum absolute atomic E-state index is 0.0417. The number of hydrogen-bond acceptors (Lipinski definition) is 5. The lowest BCUT2D eigenvalue weighted by atomic mass is 10.2. The molecular weight excluding hydrogens is 346 g/mol. The average molecular weight is 363 g/mol. The summed E-state index contributed by atoms with van der Waals surface area (Å²) in [5.41, 5.74) is 2.47. The van der Waals surface area contributed by atoms with E-state index in [9.17, 15) is 4.79 Å². The van der Waals surface area contributed by atoms with Crippen molar-refractivity contribution in [2.24, 2.45) is 7.05 Å². The summed E-state index contributed by atoms with van der Waals surface area (Å²) < 4.78 is 7.38. The summed E-state index contributed by atoms with van der Waals surface area (Å²) in [6, 6.07) is 17.2. The monoisotopic (exact) mass is 363 g/mol. The Morgan fingerprint density at radius 2 is 1.77 bits per heavy atom. The fourth-order valence-corrected chi connectivity index (χ4v) is 3.70. The molecule has 2 aromatic carbocycles. The number of fused-ring (bicyclic) bond motifs is 1. The van der Waals surface area contributed by atoms with E-state index in [1.807, 2.05) is 55.5 Å². The van der Waals surface area contributed by atoms with E-state index in [1.165, 1.54) is 11.8 Å². The van der Waals surface area contributed by atoms with Crippen molar-refractivity contribution in [2.75, 3.05) is 0 Å². The Bertz CT molecular complexity index is 1130. The Hall–Kier alpha value is -2.86. The Balaban J connectivity index is 1.62. The van der Waals surface area contributed by atoms with Crippen molar-refractivity contribution in [3.63, 3.8) is 0 Å². The summed E-state index contributed by atoms with van der Waals surface area (Å²) in [5, 5.41) is 1.29. The van der Waals surface area contributed by atoms with Crippen molar-refractivity contribution < 1.29 is 4.42 Å². The van der Waals surface area contributed by atoms with E-state index in [0.717, 1.165) is 17.0 Å². The SMILES string of the molecule is Cc1oc(-c2ccccc2)nc1CSc1nc2ccccc2c(=O)n1C. The predicted molar refractivity (Wildman–Crippen MR) is 103 cm³/mol. The largest absolute Gasteiger partial charge is 0.441 e. The molecule has 0 atom stereocenters. The fourth-order valence-electron chi connectivity index (χ4n) is 2.73. The van der Waals surface area contributed by atoms with Crippen molar-refractivity contribution in [3.8, 4) is 11.5 Å². The van der Waals surface area contributed by atoms with Gasteiger partial charge in [-0.3, -0.25) is 9.36 Å². The minimum Gasteiger partial charge on any atom is -0.441 e. The van der Waals surface area contributed by atoms with Gasteiger partial charge in [0.25, 0.3) is 5.56 Å². The first kappa shape index (κ1) is 16.6. The van der Waals surface area contributed by atoms with Crippen LogP contribution in [0.4, 0.5) is 0 Å². The standard InChI is InChI=1S/C20H17N3O2S/c1-13-17(21-18(25-13)14-8-4-3-5-9-14)12-26-20-22-16-11-7-6-10-15(16)19(24)23(20)2/h3-11H,12H2,1-2H3. The van der Waals surface area contributed by atoms with E-state index in [1.54, 1.807) is 17.7 Å². The molecule has 0 bridgehead atoms. The third kappa shape index (κ3) is 3.04. The maximum atomic E-state index is 12.5. The van der Waals surface area contributed by atoms with Crippen molar-refractivity contribution in [1.82, 2.24) is 14.5 Å². The summed E-state index contributed by atoms with van der Waals surface area (Å²) >= 11 is 1.48. The molecule has 0 saturated carbocycles. The summed E-state index contributed by atoms with van der Waals surface area (Å²) in [6.45, 7) is 1.90. The van der Waals surface area contributed by atoms with Crippen molar-refractivity contribution in [3.05, 3.63) is 76.4 Å². The minimum atomic E-state index is -0.0417. The number of thioether (sulfide) groups is 1. The van der Waals surface area contributed by atoms with Crippen LogP contribution in [0.5, 0.6) is 0 Å². The molecule has 0 aliphatic heterocycles. The molecule has 2 aromatic heterocycles. The zero-order valence-electron chi connectivity index (χ0n) is 14.5. The zero-order valence-corrected chi connectivity index (χ0v) is 15.3. The van der Waals surface area contributed by atoms with E-state index in [0.29, 0.717) is 27.7 Å². The van der Waals surface area contributed by atoms with Crippen LogP contribution in [0, 0.1) is 6.92 Å². The molecular formula is C20H17N3O2S. The summed E-state index contributed by atoms with van der Waals surface area (Å²) in [4.78, 5) is 21.7. The molecule has 2 heterocycles. The number of hydrogen-bond donors (Lipinski definition) is 0. The molecule has 4 rings (SSSR count). The second-order valence-electron chi connectivity index (χ2n) is 5.95. The molecule has 0 aliphatic rings. The highest BCUT2D eigenvalue weighted by molar-refractivity contribution is 7.98. The molecule has 0 saturated heterocycles. The van der Waals surface area contributed by atoms with Gasteiger partial charge >= 0.3 is 0 Å². The molecule has 0 aliphatic carbocycles. The number of rotatable bonds is 4. The molecule has 0 radical (unpaired) electrons. The van der Waals surface area contributed by atoms with Gasteiger partial charge in [0.15, 0.2) is 5.16 Å². The van der Waals surface area contributed by atoms with Gasteiger partial charge in [-0.1, -0.05) is 42.1 Å². The molecule has 0 fully saturated rings.